The molecule has 9 heteroatoms. The molecule has 1 aliphatic carbocycles. The Morgan fingerprint density at radius 3 is 2.25 bits per heavy atom. The van der Waals surface area contributed by atoms with Crippen molar-refractivity contribution >= 4 is 35.0 Å². The lowest BCUT2D eigenvalue weighted by atomic mass is 9.63. The minimum atomic E-state index is -1.58. The van der Waals surface area contributed by atoms with Crippen LogP contribution < -0.4 is 5.32 Å². The molecule has 0 aliphatic heterocycles. The molecule has 36 heavy (non-hydrogen) atoms. The largest absolute Gasteiger partial charge is 0.353 e. The van der Waals surface area contributed by atoms with Crippen molar-refractivity contribution in [3.05, 3.63) is 58.4 Å². The van der Waals surface area contributed by atoms with Gasteiger partial charge >= 0.3 is 0 Å². The van der Waals surface area contributed by atoms with E-state index in [9.17, 15) is 18.0 Å². The van der Waals surface area contributed by atoms with Crippen molar-refractivity contribution in [2.45, 2.75) is 57.5 Å². The maximum atomic E-state index is 13.5. The van der Waals surface area contributed by atoms with E-state index >= 15 is 0 Å². The first-order valence-electron chi connectivity index (χ1n) is 12.2. The molecule has 198 valence electrons. The third kappa shape index (κ3) is 6.57. The second kappa shape index (κ2) is 12.7. The van der Waals surface area contributed by atoms with Gasteiger partial charge in [0.05, 0.1) is 5.02 Å². The Morgan fingerprint density at radius 1 is 1.06 bits per heavy atom. The molecule has 5 atom stereocenters. The Bertz CT molecular complexity index is 1040. The number of carbonyl (C=O) groups excluding carboxylic acids is 1. The van der Waals surface area contributed by atoms with Crippen LogP contribution in [0.15, 0.2) is 35.2 Å². The highest BCUT2D eigenvalue weighted by atomic mass is 35.5. The summed E-state index contributed by atoms with van der Waals surface area (Å²) in [6.45, 7) is 11.7. The van der Waals surface area contributed by atoms with Gasteiger partial charge in [0.1, 0.15) is 0 Å². The Morgan fingerprint density at radius 2 is 1.67 bits per heavy atom. The van der Waals surface area contributed by atoms with E-state index < -0.39 is 23.4 Å². The number of halogens is 4. The second-order valence-electron chi connectivity index (χ2n) is 9.31. The van der Waals surface area contributed by atoms with Crippen LogP contribution in [0.4, 0.5) is 18.9 Å². The molecule has 1 fully saturated rings. The smallest absolute Gasteiger partial charge is 0.255 e. The fourth-order valence-corrected chi connectivity index (χ4v) is 6.65. The fraction of sp³-hybridized carbons (Fsp3) is 0.519. The van der Waals surface area contributed by atoms with Crippen LogP contribution in [0.3, 0.4) is 0 Å². The number of nitrogens with one attached hydrogen (secondary N) is 1. The SMILES string of the molecule is CCOC(OCC)C(C)CC1C(C)C(C)C1Sc1cc(C(=O)Nc2cc(F)c(F)c(F)c2)ccc1Cl. The molecule has 0 spiro atoms. The van der Waals surface area contributed by atoms with Crippen LogP contribution >= 0.6 is 23.4 Å². The molecule has 1 saturated carbocycles. The van der Waals surface area contributed by atoms with Crippen molar-refractivity contribution in [2.75, 3.05) is 18.5 Å². The van der Waals surface area contributed by atoms with Gasteiger partial charge in [0, 0.05) is 52.7 Å². The summed E-state index contributed by atoms with van der Waals surface area (Å²) in [7, 11) is 0. The van der Waals surface area contributed by atoms with Crippen LogP contribution in [0.1, 0.15) is 51.4 Å². The van der Waals surface area contributed by atoms with E-state index in [0.29, 0.717) is 41.2 Å². The lowest BCUT2D eigenvalue weighted by molar-refractivity contribution is -0.169. The van der Waals surface area contributed by atoms with Gasteiger partial charge in [-0.2, -0.15) is 0 Å². The van der Waals surface area contributed by atoms with Gasteiger partial charge in [-0.05, 0) is 56.2 Å². The van der Waals surface area contributed by atoms with Gasteiger partial charge in [0.25, 0.3) is 5.91 Å². The third-order valence-corrected chi connectivity index (χ3v) is 9.00. The average molecular weight is 544 g/mol. The lowest BCUT2D eigenvalue weighted by Crippen LogP contribution is -2.48. The molecule has 0 aromatic heterocycles. The quantitative estimate of drug-likeness (QED) is 0.232. The Labute approximate surface area is 220 Å². The molecule has 0 radical (unpaired) electrons. The van der Waals surface area contributed by atoms with Gasteiger partial charge in [-0.25, -0.2) is 13.2 Å². The molecule has 3 rings (SSSR count). The summed E-state index contributed by atoms with van der Waals surface area (Å²) in [6.07, 6.45) is 0.693. The summed E-state index contributed by atoms with van der Waals surface area (Å²) >= 11 is 8.12. The summed E-state index contributed by atoms with van der Waals surface area (Å²) < 4.78 is 51.9. The first-order valence-corrected chi connectivity index (χ1v) is 13.5. The first kappa shape index (κ1) is 28.8. The fourth-order valence-electron chi connectivity index (χ4n) is 4.73. The zero-order valence-corrected chi connectivity index (χ0v) is 22.7. The monoisotopic (exact) mass is 543 g/mol. The summed E-state index contributed by atoms with van der Waals surface area (Å²) in [5.41, 5.74) is 0.110. The zero-order chi connectivity index (χ0) is 26.6. The maximum Gasteiger partial charge on any atom is 0.255 e. The van der Waals surface area contributed by atoms with Crippen LogP contribution in [0.25, 0.3) is 0 Å². The molecule has 4 nitrogen and oxygen atoms in total. The van der Waals surface area contributed by atoms with Crippen LogP contribution in [-0.2, 0) is 9.47 Å². The molecule has 2 aromatic rings. The Balaban J connectivity index is 1.73. The molecule has 1 N–H and O–H groups in total. The van der Waals surface area contributed by atoms with Gasteiger partial charge in [0.2, 0.25) is 0 Å². The van der Waals surface area contributed by atoms with E-state index in [0.717, 1.165) is 23.4 Å². The van der Waals surface area contributed by atoms with E-state index in [2.05, 4.69) is 26.1 Å². The number of benzene rings is 2. The first-order chi connectivity index (χ1) is 17.1. The van der Waals surface area contributed by atoms with Gasteiger partial charge in [-0.15, -0.1) is 11.8 Å². The number of hydrogen-bond acceptors (Lipinski definition) is 4. The third-order valence-electron chi connectivity index (χ3n) is 6.91. The topological polar surface area (TPSA) is 47.6 Å². The molecule has 1 aliphatic rings. The van der Waals surface area contributed by atoms with Crippen LogP contribution in [0.5, 0.6) is 0 Å². The van der Waals surface area contributed by atoms with Crippen molar-refractivity contribution in [3.8, 4) is 0 Å². The van der Waals surface area contributed by atoms with Crippen molar-refractivity contribution in [2.24, 2.45) is 23.7 Å². The maximum absolute atomic E-state index is 13.5. The van der Waals surface area contributed by atoms with E-state index in [4.69, 9.17) is 21.1 Å². The van der Waals surface area contributed by atoms with Crippen molar-refractivity contribution in [1.82, 2.24) is 0 Å². The van der Waals surface area contributed by atoms with Crippen molar-refractivity contribution < 1.29 is 27.4 Å². The molecule has 2 aromatic carbocycles. The average Bonchev–Trinajstić information content (AvgIpc) is 2.84. The number of amides is 1. The van der Waals surface area contributed by atoms with Crippen molar-refractivity contribution in [1.29, 1.82) is 0 Å². The molecular formula is C27H33ClF3NO3S. The normalized spacial score (nSPS) is 22.4. The summed E-state index contributed by atoms with van der Waals surface area (Å²) in [5, 5.41) is 3.23. The number of anilines is 1. The van der Waals surface area contributed by atoms with Crippen LogP contribution in [0, 0.1) is 41.1 Å². The Kier molecular flexibility index (Phi) is 10.1. The molecular weight excluding hydrogens is 511 g/mol. The molecule has 1 amide bonds. The number of thioether (sulfide) groups is 1. The number of ether oxygens (including phenoxy) is 2. The highest BCUT2D eigenvalue weighted by Gasteiger charge is 2.46. The standard InChI is InChI=1S/C27H33ClF3NO3S/c1-6-34-27(35-7-2)14(3)10-19-15(4)16(5)25(19)36-23-11-17(8-9-20(23)28)26(33)32-18-12-21(29)24(31)22(30)13-18/h8-9,11-16,19,25,27H,6-7,10H2,1-5H3,(H,32,33). The predicted molar refractivity (Wildman–Crippen MR) is 138 cm³/mol. The number of rotatable bonds is 11. The van der Waals surface area contributed by atoms with Crippen molar-refractivity contribution in [3.63, 3.8) is 0 Å². The van der Waals surface area contributed by atoms with E-state index in [-0.39, 0.29) is 23.5 Å². The molecule has 0 saturated heterocycles. The van der Waals surface area contributed by atoms with Crippen LogP contribution in [0.2, 0.25) is 5.02 Å². The Hall–Kier alpha value is -1.74. The predicted octanol–water partition coefficient (Wildman–Crippen LogP) is 7.80. The van der Waals surface area contributed by atoms with E-state index in [1.807, 2.05) is 13.8 Å². The van der Waals surface area contributed by atoms with Crippen LogP contribution in [-0.4, -0.2) is 30.7 Å². The summed E-state index contributed by atoms with van der Waals surface area (Å²) in [6, 6.07) is 6.33. The van der Waals surface area contributed by atoms with E-state index in [1.165, 1.54) is 0 Å². The van der Waals surface area contributed by atoms with Gasteiger partial charge in [-0.1, -0.05) is 32.4 Å². The molecule has 0 bridgehead atoms. The highest BCUT2D eigenvalue weighted by Crippen LogP contribution is 2.53. The lowest BCUT2D eigenvalue weighted by Gasteiger charge is -2.50. The zero-order valence-electron chi connectivity index (χ0n) is 21.1. The van der Waals surface area contributed by atoms with Gasteiger partial charge in [0.15, 0.2) is 23.7 Å². The number of carbonyl (C=O) groups is 1. The summed E-state index contributed by atoms with van der Waals surface area (Å²) in [4.78, 5) is 13.5. The molecule has 0 heterocycles. The van der Waals surface area contributed by atoms with E-state index in [1.54, 1.807) is 30.0 Å². The van der Waals surface area contributed by atoms with Gasteiger partial charge < -0.3 is 14.8 Å². The highest BCUT2D eigenvalue weighted by molar-refractivity contribution is 8.00. The van der Waals surface area contributed by atoms with Gasteiger partial charge in [-0.3, -0.25) is 4.79 Å². The summed E-state index contributed by atoms with van der Waals surface area (Å²) in [5.74, 6) is -3.30. The minimum Gasteiger partial charge on any atom is -0.353 e. The second-order valence-corrected chi connectivity index (χ2v) is 10.9. The molecule has 5 unspecified atom stereocenters. The number of hydrogen-bond donors (Lipinski definition) is 1. The minimum absolute atomic E-state index is 0.172.